The van der Waals surface area contributed by atoms with E-state index in [2.05, 4.69) is 30.0 Å². The van der Waals surface area contributed by atoms with Crippen molar-refractivity contribution in [2.24, 2.45) is 0 Å². The van der Waals surface area contributed by atoms with Gasteiger partial charge in [-0.1, -0.05) is 0 Å². The fourth-order valence-electron chi connectivity index (χ4n) is 8.63. The standard InChI is InChI=1S/C42H50N2O10/c1-43-13-11-24-27(20-35(49-6)40(51-8)38(24)45)28(43)16-23-18-31(46-3)33(48-5)21-30(23)54-34-17-22-15-29-36-25(12-14-44(29)2)39(50-7)42(53-10)41(52-9)37(36)26(22)19-32(34)47-4/h17-21,28-29,45H,11-16H2,1-10H3/t28-,29-/m0/s1. The second-order valence-electron chi connectivity index (χ2n) is 13.9. The molecule has 2 heterocycles. The Balaban J connectivity index is 1.36. The van der Waals surface area contributed by atoms with Crippen LogP contribution in [0.15, 0.2) is 30.3 Å². The quantitative estimate of drug-likeness (QED) is 0.165. The monoisotopic (exact) mass is 742 g/mol. The Kier molecular flexibility index (Phi) is 10.3. The molecule has 0 unspecified atom stereocenters. The van der Waals surface area contributed by atoms with Crippen molar-refractivity contribution < 1.29 is 47.7 Å². The number of aromatic hydroxyl groups is 1. The summed E-state index contributed by atoms with van der Waals surface area (Å²) in [6.07, 6.45) is 2.78. The predicted molar refractivity (Wildman–Crippen MR) is 204 cm³/mol. The van der Waals surface area contributed by atoms with Crippen molar-refractivity contribution in [3.8, 4) is 74.4 Å². The zero-order chi connectivity index (χ0) is 38.4. The van der Waals surface area contributed by atoms with Gasteiger partial charge in [-0.3, -0.25) is 9.80 Å². The van der Waals surface area contributed by atoms with E-state index in [0.717, 1.165) is 70.6 Å². The van der Waals surface area contributed by atoms with Crippen LogP contribution >= 0.6 is 0 Å². The highest BCUT2D eigenvalue weighted by Gasteiger charge is 2.40. The highest BCUT2D eigenvalue weighted by atomic mass is 16.5. The number of hydrogen-bond acceptors (Lipinski definition) is 12. The molecule has 0 fully saturated rings. The minimum Gasteiger partial charge on any atom is -0.504 e. The molecule has 7 rings (SSSR count). The first kappa shape index (κ1) is 37.1. The fourth-order valence-corrected chi connectivity index (χ4v) is 8.63. The Morgan fingerprint density at radius 1 is 0.593 bits per heavy atom. The molecule has 2 atom stereocenters. The number of phenols is 1. The van der Waals surface area contributed by atoms with Gasteiger partial charge in [-0.2, -0.15) is 0 Å². The first-order valence-electron chi connectivity index (χ1n) is 18.0. The molecule has 1 N–H and O–H groups in total. The van der Waals surface area contributed by atoms with Gasteiger partial charge in [0.15, 0.2) is 46.0 Å². The van der Waals surface area contributed by atoms with Crippen LogP contribution in [0.4, 0.5) is 0 Å². The normalized spacial score (nSPS) is 17.4. The molecular formula is C42H50N2O10. The minimum absolute atomic E-state index is 0.0942. The first-order valence-corrected chi connectivity index (χ1v) is 18.0. The molecule has 0 radical (unpaired) electrons. The Morgan fingerprint density at radius 3 is 1.85 bits per heavy atom. The number of phenolic OH excluding ortho intramolecular Hbond substituents is 1. The Labute approximate surface area is 316 Å². The van der Waals surface area contributed by atoms with Gasteiger partial charge in [0, 0.05) is 53.5 Å². The van der Waals surface area contributed by atoms with Gasteiger partial charge < -0.3 is 47.7 Å². The molecule has 12 heteroatoms. The van der Waals surface area contributed by atoms with Crippen LogP contribution < -0.4 is 42.6 Å². The molecule has 0 aromatic heterocycles. The van der Waals surface area contributed by atoms with E-state index in [4.69, 9.17) is 42.6 Å². The number of methoxy groups -OCH3 is 8. The maximum Gasteiger partial charge on any atom is 0.204 e. The van der Waals surface area contributed by atoms with Crippen LogP contribution in [-0.4, -0.2) is 99.0 Å². The van der Waals surface area contributed by atoms with Gasteiger partial charge in [-0.05, 0) is 86.3 Å². The van der Waals surface area contributed by atoms with Crippen molar-refractivity contribution in [1.82, 2.24) is 9.80 Å². The molecule has 0 bridgehead atoms. The largest absolute Gasteiger partial charge is 0.504 e. The Bertz CT molecular complexity index is 2080. The number of ether oxygens (including phenoxy) is 9. The number of hydrogen-bond donors (Lipinski definition) is 1. The molecule has 0 amide bonds. The number of likely N-dealkylation sites (N-methyl/N-ethyl adjacent to an activating group) is 2. The van der Waals surface area contributed by atoms with E-state index in [1.807, 2.05) is 24.3 Å². The van der Waals surface area contributed by atoms with Crippen molar-refractivity contribution in [3.63, 3.8) is 0 Å². The predicted octanol–water partition coefficient (Wildman–Crippen LogP) is 6.78. The minimum atomic E-state index is -0.127. The van der Waals surface area contributed by atoms with Gasteiger partial charge in [0.2, 0.25) is 11.5 Å². The lowest BCUT2D eigenvalue weighted by Gasteiger charge is -2.41. The summed E-state index contributed by atoms with van der Waals surface area (Å²) >= 11 is 0. The molecule has 3 aliphatic rings. The molecule has 0 saturated heterocycles. The third-order valence-electron chi connectivity index (χ3n) is 11.4. The van der Waals surface area contributed by atoms with Crippen molar-refractivity contribution in [2.75, 3.05) is 84.1 Å². The maximum atomic E-state index is 11.3. The smallest absolute Gasteiger partial charge is 0.204 e. The van der Waals surface area contributed by atoms with Gasteiger partial charge >= 0.3 is 0 Å². The van der Waals surface area contributed by atoms with E-state index in [1.54, 1.807) is 49.8 Å². The summed E-state index contributed by atoms with van der Waals surface area (Å²) in [4.78, 5) is 4.66. The lowest BCUT2D eigenvalue weighted by molar-refractivity contribution is 0.222. The molecular weight excluding hydrogens is 692 g/mol. The molecule has 4 aromatic rings. The molecule has 1 aliphatic carbocycles. The number of benzene rings is 4. The summed E-state index contributed by atoms with van der Waals surface area (Å²) in [6.45, 7) is 1.61. The molecule has 0 saturated carbocycles. The van der Waals surface area contributed by atoms with Crippen molar-refractivity contribution in [3.05, 3.63) is 63.7 Å². The van der Waals surface area contributed by atoms with Crippen LogP contribution in [0, 0.1) is 0 Å². The summed E-state index contributed by atoms with van der Waals surface area (Å²) in [5, 5.41) is 11.3. The average molecular weight is 743 g/mol. The molecule has 4 aromatic carbocycles. The number of rotatable bonds is 12. The Morgan fingerprint density at radius 2 is 1.20 bits per heavy atom. The van der Waals surface area contributed by atoms with Crippen molar-refractivity contribution in [1.29, 1.82) is 0 Å². The first-order chi connectivity index (χ1) is 26.2. The van der Waals surface area contributed by atoms with Crippen LogP contribution in [0.5, 0.6) is 63.2 Å². The van der Waals surface area contributed by atoms with Crippen molar-refractivity contribution in [2.45, 2.75) is 37.8 Å². The van der Waals surface area contributed by atoms with Gasteiger partial charge in [0.05, 0.1) is 56.9 Å². The van der Waals surface area contributed by atoms with Crippen molar-refractivity contribution >= 4 is 0 Å². The van der Waals surface area contributed by atoms with Gasteiger partial charge in [-0.25, -0.2) is 0 Å². The van der Waals surface area contributed by atoms with Gasteiger partial charge in [-0.15, -0.1) is 0 Å². The fraction of sp³-hybridized carbons (Fsp3) is 0.429. The van der Waals surface area contributed by atoms with E-state index in [-0.39, 0.29) is 17.8 Å². The third kappa shape index (κ3) is 5.92. The van der Waals surface area contributed by atoms with E-state index < -0.39 is 0 Å². The maximum absolute atomic E-state index is 11.3. The van der Waals surface area contributed by atoms with E-state index in [1.165, 1.54) is 12.7 Å². The molecule has 54 heavy (non-hydrogen) atoms. The summed E-state index contributed by atoms with van der Waals surface area (Å²) in [6, 6.07) is 9.86. The summed E-state index contributed by atoms with van der Waals surface area (Å²) in [5.74, 6) is 5.68. The molecule has 288 valence electrons. The van der Waals surface area contributed by atoms with E-state index in [9.17, 15) is 5.11 Å². The second kappa shape index (κ2) is 14.9. The second-order valence-corrected chi connectivity index (χ2v) is 13.9. The zero-order valence-corrected chi connectivity index (χ0v) is 32.8. The highest BCUT2D eigenvalue weighted by Crippen LogP contribution is 2.58. The summed E-state index contributed by atoms with van der Waals surface area (Å²) in [7, 11) is 17.2. The number of fused-ring (bicyclic) bond motifs is 3. The molecule has 12 nitrogen and oxygen atoms in total. The Hall–Kier alpha value is -5.20. The van der Waals surface area contributed by atoms with E-state index in [0.29, 0.717) is 64.6 Å². The summed E-state index contributed by atoms with van der Waals surface area (Å²) in [5.41, 5.74) is 8.09. The topological polar surface area (TPSA) is 110 Å². The van der Waals surface area contributed by atoms with Gasteiger partial charge in [0.25, 0.3) is 0 Å². The lowest BCUT2D eigenvalue weighted by atomic mass is 9.76. The zero-order valence-electron chi connectivity index (χ0n) is 32.8. The SMILES string of the molecule is COc1cc(C[C@H]2c3cc(OC)c(OC)c(O)c3CCN2C)c(Oc2cc3c(cc2OC)-c2c(OC)c(OC)c(OC)c4c2[C@H](C3)N(C)CC4)cc1OC. The van der Waals surface area contributed by atoms with Crippen LogP contribution in [0.25, 0.3) is 11.1 Å². The highest BCUT2D eigenvalue weighted by molar-refractivity contribution is 5.87. The average Bonchev–Trinajstić information content (AvgIpc) is 3.19. The molecule has 0 spiro atoms. The van der Waals surface area contributed by atoms with Crippen LogP contribution in [0.2, 0.25) is 0 Å². The van der Waals surface area contributed by atoms with Crippen LogP contribution in [0.3, 0.4) is 0 Å². The van der Waals surface area contributed by atoms with Crippen LogP contribution in [-0.2, 0) is 25.7 Å². The molecule has 2 aliphatic heterocycles. The summed E-state index contributed by atoms with van der Waals surface area (Å²) < 4.78 is 53.7. The number of nitrogens with zero attached hydrogens (tertiary/aromatic N) is 2. The van der Waals surface area contributed by atoms with Gasteiger partial charge in [0.1, 0.15) is 5.75 Å². The van der Waals surface area contributed by atoms with E-state index >= 15 is 0 Å². The third-order valence-corrected chi connectivity index (χ3v) is 11.4. The lowest BCUT2D eigenvalue weighted by Crippen LogP contribution is -2.36. The van der Waals surface area contributed by atoms with Crippen LogP contribution in [0.1, 0.15) is 45.5 Å².